The Labute approximate surface area is 125 Å². The van der Waals surface area contributed by atoms with Crippen LogP contribution in [0.4, 0.5) is 0 Å². The van der Waals surface area contributed by atoms with Gasteiger partial charge in [0.05, 0.1) is 0 Å². The molecule has 0 bridgehead atoms. The molecule has 0 spiro atoms. The third kappa shape index (κ3) is 3.29. The summed E-state index contributed by atoms with van der Waals surface area (Å²) < 4.78 is 28.6. The number of aromatic carboxylic acids is 1. The van der Waals surface area contributed by atoms with Crippen molar-refractivity contribution < 1.29 is 18.3 Å². The maximum Gasteiger partial charge on any atom is 0.352 e. The zero-order valence-corrected chi connectivity index (χ0v) is 13.6. The summed E-state index contributed by atoms with van der Waals surface area (Å²) in [5.74, 6) is -0.785. The summed E-state index contributed by atoms with van der Waals surface area (Å²) in [6.07, 6.45) is 2.39. The first-order valence-corrected chi connectivity index (χ1v) is 8.48. The lowest BCUT2D eigenvalue weighted by atomic mass is 10.1. The number of hydrogen-bond acceptors (Lipinski definition) is 3. The van der Waals surface area contributed by atoms with E-state index >= 15 is 0 Å². The SMILES string of the molecule is CC(C)n1cc(S(=O)(=O)NCC2CC2(C)C)cc1C(=O)O. The van der Waals surface area contributed by atoms with Crippen LogP contribution in [0.5, 0.6) is 0 Å². The molecule has 2 N–H and O–H groups in total. The number of nitrogens with one attached hydrogen (secondary N) is 1. The molecule has 118 valence electrons. The maximum atomic E-state index is 12.3. The highest BCUT2D eigenvalue weighted by Gasteiger charge is 2.45. The van der Waals surface area contributed by atoms with Crippen molar-refractivity contribution in [1.29, 1.82) is 0 Å². The van der Waals surface area contributed by atoms with Crippen molar-refractivity contribution in [3.63, 3.8) is 0 Å². The quantitative estimate of drug-likeness (QED) is 0.841. The van der Waals surface area contributed by atoms with Gasteiger partial charge in [-0.25, -0.2) is 17.9 Å². The van der Waals surface area contributed by atoms with Crippen molar-refractivity contribution in [2.45, 2.75) is 45.1 Å². The van der Waals surface area contributed by atoms with E-state index in [1.165, 1.54) is 16.8 Å². The van der Waals surface area contributed by atoms with Crippen LogP contribution in [-0.2, 0) is 10.0 Å². The number of carboxylic acids is 1. The van der Waals surface area contributed by atoms with Crippen LogP contribution >= 0.6 is 0 Å². The monoisotopic (exact) mass is 314 g/mol. The first-order chi connectivity index (χ1) is 9.54. The molecular formula is C14H22N2O4S. The predicted molar refractivity (Wildman–Crippen MR) is 78.9 cm³/mol. The molecule has 1 atom stereocenters. The second kappa shape index (κ2) is 5.14. The third-order valence-corrected chi connectivity index (χ3v) is 5.54. The van der Waals surface area contributed by atoms with Crippen LogP contribution in [0.15, 0.2) is 17.2 Å². The van der Waals surface area contributed by atoms with Crippen molar-refractivity contribution in [3.05, 3.63) is 18.0 Å². The van der Waals surface area contributed by atoms with Gasteiger partial charge in [-0.2, -0.15) is 0 Å². The van der Waals surface area contributed by atoms with Gasteiger partial charge < -0.3 is 9.67 Å². The average molecular weight is 314 g/mol. The Balaban J connectivity index is 2.20. The van der Waals surface area contributed by atoms with Crippen LogP contribution in [0.3, 0.4) is 0 Å². The largest absolute Gasteiger partial charge is 0.477 e. The predicted octanol–water partition coefficient (Wildman–Crippen LogP) is 2.09. The molecule has 0 aliphatic heterocycles. The van der Waals surface area contributed by atoms with Gasteiger partial charge in [0.25, 0.3) is 0 Å². The lowest BCUT2D eigenvalue weighted by molar-refractivity contribution is 0.0683. The highest BCUT2D eigenvalue weighted by molar-refractivity contribution is 7.89. The Morgan fingerprint density at radius 1 is 1.52 bits per heavy atom. The Hall–Kier alpha value is -1.34. The maximum absolute atomic E-state index is 12.3. The molecule has 1 aliphatic rings. The molecule has 6 nitrogen and oxygen atoms in total. The normalized spacial score (nSPS) is 20.7. The summed E-state index contributed by atoms with van der Waals surface area (Å²) in [6, 6.07) is 1.09. The zero-order valence-electron chi connectivity index (χ0n) is 12.8. The van der Waals surface area contributed by atoms with Crippen molar-refractivity contribution in [3.8, 4) is 0 Å². The van der Waals surface area contributed by atoms with Gasteiger partial charge in [0.2, 0.25) is 10.0 Å². The third-order valence-electron chi connectivity index (χ3n) is 4.15. The zero-order chi connectivity index (χ0) is 16.0. The molecule has 1 aromatic heterocycles. The highest BCUT2D eigenvalue weighted by Crippen LogP contribution is 2.51. The summed E-state index contributed by atoms with van der Waals surface area (Å²) in [7, 11) is -3.67. The van der Waals surface area contributed by atoms with E-state index in [4.69, 9.17) is 5.11 Å². The van der Waals surface area contributed by atoms with E-state index in [1.54, 1.807) is 0 Å². The molecule has 0 aromatic carbocycles. The molecule has 1 aliphatic carbocycles. The van der Waals surface area contributed by atoms with Crippen LogP contribution in [0.2, 0.25) is 0 Å². The molecule has 2 rings (SSSR count). The van der Waals surface area contributed by atoms with Gasteiger partial charge >= 0.3 is 5.97 Å². The van der Waals surface area contributed by atoms with Crippen LogP contribution in [0.1, 0.15) is 50.6 Å². The Kier molecular flexibility index (Phi) is 3.92. The summed E-state index contributed by atoms with van der Waals surface area (Å²) >= 11 is 0. The molecule has 1 aromatic rings. The molecule has 7 heteroatoms. The van der Waals surface area contributed by atoms with Crippen molar-refractivity contribution in [2.24, 2.45) is 11.3 Å². The van der Waals surface area contributed by atoms with Crippen molar-refractivity contribution >= 4 is 16.0 Å². The first-order valence-electron chi connectivity index (χ1n) is 6.99. The number of carbonyl (C=O) groups is 1. The minimum atomic E-state index is -3.67. The molecule has 1 heterocycles. The molecule has 0 radical (unpaired) electrons. The van der Waals surface area contributed by atoms with E-state index in [9.17, 15) is 13.2 Å². The van der Waals surface area contributed by atoms with Crippen LogP contribution in [0, 0.1) is 11.3 Å². The van der Waals surface area contributed by atoms with Gasteiger partial charge in [0, 0.05) is 18.8 Å². The van der Waals surface area contributed by atoms with E-state index in [1.807, 2.05) is 13.8 Å². The fourth-order valence-electron chi connectivity index (χ4n) is 2.42. The number of hydrogen-bond donors (Lipinski definition) is 2. The second-order valence-corrected chi connectivity index (χ2v) is 8.38. The lowest BCUT2D eigenvalue weighted by Crippen LogP contribution is -2.26. The molecular weight excluding hydrogens is 292 g/mol. The van der Waals surface area contributed by atoms with Crippen LogP contribution in [-0.4, -0.2) is 30.6 Å². The van der Waals surface area contributed by atoms with E-state index in [0.717, 1.165) is 6.42 Å². The molecule has 1 fully saturated rings. The standard InChI is InChI=1S/C14H22N2O4S/c1-9(2)16-8-11(5-12(16)13(17)18)21(19,20)15-7-10-6-14(10,3)4/h5,8-10,15H,6-7H2,1-4H3,(H,17,18). The van der Waals surface area contributed by atoms with Crippen molar-refractivity contribution in [2.75, 3.05) is 6.54 Å². The summed E-state index contributed by atoms with van der Waals surface area (Å²) in [6.45, 7) is 8.21. The van der Waals surface area contributed by atoms with Gasteiger partial charge in [-0.3, -0.25) is 0 Å². The van der Waals surface area contributed by atoms with Gasteiger partial charge in [0.15, 0.2) is 0 Å². The number of sulfonamides is 1. The minimum Gasteiger partial charge on any atom is -0.477 e. The Morgan fingerprint density at radius 2 is 2.10 bits per heavy atom. The molecule has 0 saturated heterocycles. The average Bonchev–Trinajstić information content (AvgIpc) is 2.76. The topological polar surface area (TPSA) is 88.4 Å². The van der Waals surface area contributed by atoms with Crippen LogP contribution in [0.25, 0.3) is 0 Å². The number of carboxylic acid groups (broad SMARTS) is 1. The molecule has 1 unspecified atom stereocenters. The van der Waals surface area contributed by atoms with E-state index in [0.29, 0.717) is 12.5 Å². The number of aromatic nitrogens is 1. The first kappa shape index (κ1) is 16.0. The summed E-state index contributed by atoms with van der Waals surface area (Å²) in [5.41, 5.74) is 0.177. The number of nitrogens with zero attached hydrogens (tertiary/aromatic N) is 1. The molecule has 21 heavy (non-hydrogen) atoms. The highest BCUT2D eigenvalue weighted by atomic mass is 32.2. The second-order valence-electron chi connectivity index (χ2n) is 6.61. The van der Waals surface area contributed by atoms with Crippen molar-refractivity contribution in [1.82, 2.24) is 9.29 Å². The summed E-state index contributed by atoms with van der Waals surface area (Å²) in [5, 5.41) is 9.15. The minimum absolute atomic E-state index is 0.00653. The van der Waals surface area contributed by atoms with Gasteiger partial charge in [-0.05, 0) is 37.7 Å². The van der Waals surface area contributed by atoms with E-state index in [2.05, 4.69) is 18.6 Å². The Bertz CT molecular complexity index is 659. The fraction of sp³-hybridized carbons (Fsp3) is 0.643. The fourth-order valence-corrected chi connectivity index (χ4v) is 3.52. The lowest BCUT2D eigenvalue weighted by Gasteiger charge is -2.09. The molecule has 0 amide bonds. The Morgan fingerprint density at radius 3 is 2.48 bits per heavy atom. The smallest absolute Gasteiger partial charge is 0.352 e. The van der Waals surface area contributed by atoms with Gasteiger partial charge in [-0.1, -0.05) is 13.8 Å². The van der Waals surface area contributed by atoms with Gasteiger partial charge in [-0.15, -0.1) is 0 Å². The number of rotatable bonds is 6. The summed E-state index contributed by atoms with van der Waals surface area (Å²) in [4.78, 5) is 11.2. The van der Waals surface area contributed by atoms with E-state index < -0.39 is 16.0 Å². The molecule has 1 saturated carbocycles. The van der Waals surface area contributed by atoms with Crippen LogP contribution < -0.4 is 4.72 Å². The van der Waals surface area contributed by atoms with E-state index in [-0.39, 0.29) is 22.0 Å². The van der Waals surface area contributed by atoms with Gasteiger partial charge in [0.1, 0.15) is 10.6 Å².